The van der Waals surface area contributed by atoms with Crippen molar-refractivity contribution in [3.8, 4) is 5.75 Å². The molecule has 0 heterocycles. The first-order valence-corrected chi connectivity index (χ1v) is 7.17. The van der Waals surface area contributed by atoms with Gasteiger partial charge in [0.05, 0.1) is 5.60 Å². The number of phenolic OH excluding ortho intramolecular Hbond substituents is 1. The Labute approximate surface area is 139 Å². The van der Waals surface area contributed by atoms with Crippen LogP contribution in [0.1, 0.15) is 43.6 Å². The maximum Gasteiger partial charge on any atom is 0.115 e. The molecule has 1 aliphatic carbocycles. The van der Waals surface area contributed by atoms with E-state index in [1.807, 2.05) is 26.2 Å². The number of likely N-dealkylation sites (N-methyl/N-ethyl adjacent to an activating group) is 1. The van der Waals surface area contributed by atoms with Crippen molar-refractivity contribution in [2.24, 2.45) is 0 Å². The lowest BCUT2D eigenvalue weighted by Crippen LogP contribution is -2.42. The standard InChI is InChI=1S/C16H25NO2.ClH.2H2O/c1-17(2)12-15(13-6-8-14(18)9-7-13)16(19)10-4-3-5-11-16;;;/h6-9,15,18-19H,3-5,10-12H2,1-2H3;1H;2*1H2. The van der Waals surface area contributed by atoms with Gasteiger partial charge in [-0.25, -0.2) is 0 Å². The van der Waals surface area contributed by atoms with Gasteiger partial charge in [0.25, 0.3) is 0 Å². The van der Waals surface area contributed by atoms with Crippen LogP contribution in [0.25, 0.3) is 0 Å². The Hall–Kier alpha value is -0.850. The lowest BCUT2D eigenvalue weighted by molar-refractivity contribution is -0.0277. The quantitative estimate of drug-likeness (QED) is 0.870. The van der Waals surface area contributed by atoms with Crippen LogP contribution in [-0.4, -0.2) is 52.3 Å². The topological polar surface area (TPSA) is 107 Å². The molecule has 0 bridgehead atoms. The number of rotatable bonds is 4. The molecule has 1 atom stereocenters. The van der Waals surface area contributed by atoms with Crippen LogP contribution < -0.4 is 0 Å². The highest BCUT2D eigenvalue weighted by Gasteiger charge is 2.38. The number of aromatic hydroxyl groups is 1. The van der Waals surface area contributed by atoms with E-state index in [0.29, 0.717) is 0 Å². The normalized spacial score (nSPS) is 17.6. The third-order valence-electron chi connectivity index (χ3n) is 4.21. The first-order valence-electron chi connectivity index (χ1n) is 7.17. The maximum absolute atomic E-state index is 11.0. The van der Waals surface area contributed by atoms with Gasteiger partial charge in [-0.15, -0.1) is 12.4 Å². The van der Waals surface area contributed by atoms with Crippen LogP contribution in [0, 0.1) is 0 Å². The van der Waals surface area contributed by atoms with Crippen LogP contribution >= 0.6 is 12.4 Å². The molecule has 2 rings (SSSR count). The van der Waals surface area contributed by atoms with E-state index in [1.165, 1.54) is 6.42 Å². The smallest absolute Gasteiger partial charge is 0.115 e. The van der Waals surface area contributed by atoms with E-state index >= 15 is 0 Å². The molecule has 22 heavy (non-hydrogen) atoms. The number of hydrogen-bond donors (Lipinski definition) is 2. The molecule has 1 fully saturated rings. The van der Waals surface area contributed by atoms with Crippen LogP contribution in [0.5, 0.6) is 5.75 Å². The summed E-state index contributed by atoms with van der Waals surface area (Å²) in [6.45, 7) is 0.835. The fourth-order valence-corrected chi connectivity index (χ4v) is 3.17. The number of nitrogens with zero attached hydrogens (tertiary/aromatic N) is 1. The van der Waals surface area contributed by atoms with Gasteiger partial charge in [0.2, 0.25) is 0 Å². The van der Waals surface area contributed by atoms with Crippen molar-refractivity contribution in [2.75, 3.05) is 20.6 Å². The summed E-state index contributed by atoms with van der Waals surface area (Å²) in [6, 6.07) is 7.31. The van der Waals surface area contributed by atoms with Crippen molar-refractivity contribution in [2.45, 2.75) is 43.6 Å². The Bertz CT molecular complexity index is 405. The summed E-state index contributed by atoms with van der Waals surface area (Å²) >= 11 is 0. The second-order valence-corrected chi connectivity index (χ2v) is 6.07. The van der Waals surface area contributed by atoms with Gasteiger partial charge >= 0.3 is 0 Å². The van der Waals surface area contributed by atoms with Crippen LogP contribution in [0.4, 0.5) is 0 Å². The summed E-state index contributed by atoms with van der Waals surface area (Å²) in [5, 5.41) is 20.4. The van der Waals surface area contributed by atoms with E-state index < -0.39 is 5.60 Å². The van der Waals surface area contributed by atoms with Crippen LogP contribution in [-0.2, 0) is 0 Å². The van der Waals surface area contributed by atoms with Gasteiger partial charge in [0.1, 0.15) is 5.75 Å². The highest BCUT2D eigenvalue weighted by molar-refractivity contribution is 5.85. The molecule has 0 aromatic heterocycles. The zero-order valence-corrected chi connectivity index (χ0v) is 14.2. The average molecular weight is 336 g/mol. The largest absolute Gasteiger partial charge is 0.508 e. The SMILES string of the molecule is CN(C)CC(c1ccc(O)cc1)C1(O)CCCCC1.Cl.O.O. The summed E-state index contributed by atoms with van der Waals surface area (Å²) in [5.74, 6) is 0.395. The van der Waals surface area contributed by atoms with Crippen molar-refractivity contribution >= 4 is 12.4 Å². The molecule has 130 valence electrons. The Kier molecular flexibility index (Phi) is 10.7. The molecule has 5 nitrogen and oxygen atoms in total. The van der Waals surface area contributed by atoms with Crippen molar-refractivity contribution in [1.82, 2.24) is 4.90 Å². The van der Waals surface area contributed by atoms with E-state index in [9.17, 15) is 10.2 Å². The predicted molar refractivity (Wildman–Crippen MR) is 91.9 cm³/mol. The molecule has 1 aromatic carbocycles. The lowest BCUT2D eigenvalue weighted by atomic mass is 9.72. The van der Waals surface area contributed by atoms with Gasteiger partial charge in [0.15, 0.2) is 0 Å². The van der Waals surface area contributed by atoms with Crippen molar-refractivity contribution in [3.05, 3.63) is 29.8 Å². The summed E-state index contributed by atoms with van der Waals surface area (Å²) in [7, 11) is 4.08. The van der Waals surface area contributed by atoms with Crippen molar-refractivity contribution in [3.63, 3.8) is 0 Å². The molecule has 1 aliphatic rings. The van der Waals surface area contributed by atoms with Gasteiger partial charge in [-0.1, -0.05) is 31.4 Å². The van der Waals surface area contributed by atoms with E-state index in [4.69, 9.17) is 0 Å². The summed E-state index contributed by atoms with van der Waals surface area (Å²) in [4.78, 5) is 2.13. The van der Waals surface area contributed by atoms with Gasteiger partial charge in [-0.3, -0.25) is 0 Å². The molecular formula is C16H30ClNO4. The average Bonchev–Trinajstić information content (AvgIpc) is 2.38. The summed E-state index contributed by atoms with van der Waals surface area (Å²) < 4.78 is 0. The fourth-order valence-electron chi connectivity index (χ4n) is 3.17. The molecule has 6 heteroatoms. The zero-order valence-electron chi connectivity index (χ0n) is 13.4. The number of hydrogen-bond acceptors (Lipinski definition) is 3. The number of benzene rings is 1. The summed E-state index contributed by atoms with van der Waals surface area (Å²) in [5.41, 5.74) is 0.523. The highest BCUT2D eigenvalue weighted by atomic mass is 35.5. The minimum atomic E-state index is -0.598. The van der Waals surface area contributed by atoms with Gasteiger partial charge in [0, 0.05) is 12.5 Å². The molecule has 0 saturated heterocycles. The Balaban J connectivity index is 0. The maximum atomic E-state index is 11.0. The molecule has 6 N–H and O–H groups in total. The van der Waals surface area contributed by atoms with Crippen LogP contribution in [0.2, 0.25) is 0 Å². The summed E-state index contributed by atoms with van der Waals surface area (Å²) in [6.07, 6.45) is 5.21. The Morgan fingerprint density at radius 1 is 1.05 bits per heavy atom. The van der Waals surface area contributed by atoms with Gasteiger partial charge in [-0.2, -0.15) is 0 Å². The zero-order chi connectivity index (χ0) is 13.9. The number of halogens is 1. The predicted octanol–water partition coefficient (Wildman–Crippen LogP) is 1.51. The first kappa shape index (κ1) is 23.4. The molecular weight excluding hydrogens is 306 g/mol. The van der Waals surface area contributed by atoms with Crippen LogP contribution in [0.3, 0.4) is 0 Å². The van der Waals surface area contributed by atoms with Crippen molar-refractivity contribution in [1.29, 1.82) is 0 Å². The molecule has 0 amide bonds. The van der Waals surface area contributed by atoms with E-state index in [2.05, 4.69) is 4.90 Å². The Morgan fingerprint density at radius 2 is 1.55 bits per heavy atom. The molecule has 1 saturated carbocycles. The monoisotopic (exact) mass is 335 g/mol. The van der Waals surface area contributed by atoms with E-state index in [1.54, 1.807) is 12.1 Å². The first-order chi connectivity index (χ1) is 9.01. The molecule has 1 aromatic rings. The van der Waals surface area contributed by atoms with Crippen molar-refractivity contribution < 1.29 is 21.2 Å². The minimum Gasteiger partial charge on any atom is -0.508 e. The molecule has 0 spiro atoms. The van der Waals surface area contributed by atoms with E-state index in [-0.39, 0.29) is 35.0 Å². The minimum absolute atomic E-state index is 0. The van der Waals surface area contributed by atoms with Gasteiger partial charge < -0.3 is 26.1 Å². The Morgan fingerprint density at radius 3 is 2.00 bits per heavy atom. The molecule has 0 aliphatic heterocycles. The fraction of sp³-hybridized carbons (Fsp3) is 0.625. The third kappa shape index (κ3) is 5.74. The van der Waals surface area contributed by atoms with Gasteiger partial charge in [-0.05, 0) is 44.6 Å². The third-order valence-corrected chi connectivity index (χ3v) is 4.21. The van der Waals surface area contributed by atoms with E-state index in [0.717, 1.165) is 37.8 Å². The second-order valence-electron chi connectivity index (χ2n) is 6.07. The number of aliphatic hydroxyl groups is 1. The van der Waals surface area contributed by atoms with Crippen LogP contribution in [0.15, 0.2) is 24.3 Å². The molecule has 1 unspecified atom stereocenters. The second kappa shape index (κ2) is 10.0. The molecule has 0 radical (unpaired) electrons. The number of phenols is 1. The lowest BCUT2D eigenvalue weighted by Gasteiger charge is -2.40. The highest BCUT2D eigenvalue weighted by Crippen LogP contribution is 2.40.